The summed E-state index contributed by atoms with van der Waals surface area (Å²) >= 11 is 0. The van der Waals surface area contributed by atoms with Gasteiger partial charge in [0.05, 0.1) is 0 Å². The molecule has 0 saturated carbocycles. The number of hydrogen-bond donors (Lipinski definition) is 1. The topological polar surface area (TPSA) is 91.3 Å². The monoisotopic (exact) mass is 260 g/mol. The standard InChI is InChI=1S/C11H16O7/c1-6(13)16-9-4-8(5-12)18-11(15-3)10(9)17-7(2)14/h4,9-12H,5H2,1-3H3/t9-,10-,11-/m0/s1. The summed E-state index contributed by atoms with van der Waals surface area (Å²) in [6.07, 6.45) is -1.32. The van der Waals surface area contributed by atoms with Crippen molar-refractivity contribution in [1.82, 2.24) is 0 Å². The third-order valence-electron chi connectivity index (χ3n) is 2.20. The third kappa shape index (κ3) is 3.71. The van der Waals surface area contributed by atoms with Crippen LogP contribution in [0.1, 0.15) is 13.8 Å². The summed E-state index contributed by atoms with van der Waals surface area (Å²) in [6, 6.07) is 0. The van der Waals surface area contributed by atoms with Gasteiger partial charge in [-0.1, -0.05) is 0 Å². The lowest BCUT2D eigenvalue weighted by atomic mass is 10.1. The van der Waals surface area contributed by atoms with Crippen molar-refractivity contribution in [3.05, 3.63) is 11.8 Å². The predicted molar refractivity (Wildman–Crippen MR) is 58.2 cm³/mol. The Morgan fingerprint density at radius 2 is 1.94 bits per heavy atom. The van der Waals surface area contributed by atoms with Gasteiger partial charge in [-0.25, -0.2) is 0 Å². The highest BCUT2D eigenvalue weighted by atomic mass is 16.7. The quantitative estimate of drug-likeness (QED) is 0.695. The molecule has 0 radical (unpaired) electrons. The first-order valence-electron chi connectivity index (χ1n) is 5.33. The van der Waals surface area contributed by atoms with E-state index in [4.69, 9.17) is 24.1 Å². The highest BCUT2D eigenvalue weighted by Gasteiger charge is 2.39. The van der Waals surface area contributed by atoms with Gasteiger partial charge in [0, 0.05) is 27.0 Å². The van der Waals surface area contributed by atoms with Gasteiger partial charge < -0.3 is 24.1 Å². The SMILES string of the molecule is CO[C@H]1OC(CO)=C[C@H](OC(C)=O)[C@@H]1OC(C)=O. The van der Waals surface area contributed by atoms with Crippen LogP contribution in [0.5, 0.6) is 0 Å². The summed E-state index contributed by atoms with van der Waals surface area (Å²) in [5.41, 5.74) is 0. The zero-order valence-corrected chi connectivity index (χ0v) is 10.4. The second-order valence-electron chi connectivity index (χ2n) is 3.66. The maximum Gasteiger partial charge on any atom is 0.303 e. The van der Waals surface area contributed by atoms with Crippen molar-refractivity contribution < 1.29 is 33.6 Å². The van der Waals surface area contributed by atoms with Crippen LogP contribution < -0.4 is 0 Å². The van der Waals surface area contributed by atoms with Crippen LogP contribution in [0.2, 0.25) is 0 Å². The molecule has 0 unspecified atom stereocenters. The number of aliphatic hydroxyl groups excluding tert-OH is 1. The summed E-state index contributed by atoms with van der Waals surface area (Å²) in [7, 11) is 1.35. The largest absolute Gasteiger partial charge is 0.463 e. The number of esters is 2. The minimum Gasteiger partial charge on any atom is -0.463 e. The fraction of sp³-hybridized carbons (Fsp3) is 0.636. The smallest absolute Gasteiger partial charge is 0.303 e. The van der Waals surface area contributed by atoms with E-state index in [0.717, 1.165) is 0 Å². The minimum atomic E-state index is -0.939. The maximum atomic E-state index is 11.0. The maximum absolute atomic E-state index is 11.0. The molecule has 0 aromatic rings. The van der Waals surface area contributed by atoms with E-state index in [1.807, 2.05) is 0 Å². The van der Waals surface area contributed by atoms with E-state index >= 15 is 0 Å². The van der Waals surface area contributed by atoms with Crippen molar-refractivity contribution >= 4 is 11.9 Å². The van der Waals surface area contributed by atoms with Crippen LogP contribution in [0.4, 0.5) is 0 Å². The first-order chi connectivity index (χ1) is 8.47. The summed E-state index contributed by atoms with van der Waals surface area (Å²) in [6.45, 7) is 2.09. The van der Waals surface area contributed by atoms with E-state index in [0.29, 0.717) is 0 Å². The molecule has 0 aromatic carbocycles. The van der Waals surface area contributed by atoms with E-state index in [1.54, 1.807) is 0 Å². The van der Waals surface area contributed by atoms with Crippen LogP contribution >= 0.6 is 0 Å². The normalized spacial score (nSPS) is 26.9. The van der Waals surface area contributed by atoms with Gasteiger partial charge in [-0.2, -0.15) is 0 Å². The van der Waals surface area contributed by atoms with Gasteiger partial charge in [-0.15, -0.1) is 0 Å². The molecule has 0 bridgehead atoms. The molecule has 0 fully saturated rings. The number of carbonyl (C=O) groups is 2. The van der Waals surface area contributed by atoms with E-state index in [9.17, 15) is 9.59 Å². The average Bonchev–Trinajstić information content (AvgIpc) is 2.29. The van der Waals surface area contributed by atoms with Crippen molar-refractivity contribution in [2.75, 3.05) is 13.7 Å². The van der Waals surface area contributed by atoms with E-state index < -0.39 is 30.4 Å². The average molecular weight is 260 g/mol. The second kappa shape index (κ2) is 6.36. The fourth-order valence-electron chi connectivity index (χ4n) is 1.57. The first-order valence-corrected chi connectivity index (χ1v) is 5.33. The molecule has 0 aromatic heterocycles. The molecule has 1 heterocycles. The van der Waals surface area contributed by atoms with Gasteiger partial charge in [0.25, 0.3) is 0 Å². The van der Waals surface area contributed by atoms with Crippen LogP contribution in [0.25, 0.3) is 0 Å². The molecule has 18 heavy (non-hydrogen) atoms. The lowest BCUT2D eigenvalue weighted by Gasteiger charge is -2.34. The zero-order chi connectivity index (χ0) is 13.7. The molecule has 102 valence electrons. The van der Waals surface area contributed by atoms with Crippen LogP contribution in [0, 0.1) is 0 Å². The Morgan fingerprint density at radius 3 is 2.39 bits per heavy atom. The fourth-order valence-corrected chi connectivity index (χ4v) is 1.57. The highest BCUT2D eigenvalue weighted by Crippen LogP contribution is 2.23. The molecule has 1 aliphatic heterocycles. The van der Waals surface area contributed by atoms with Crippen LogP contribution in [-0.4, -0.2) is 49.3 Å². The molecule has 7 heteroatoms. The number of carbonyl (C=O) groups excluding carboxylic acids is 2. The second-order valence-corrected chi connectivity index (χ2v) is 3.66. The molecule has 1 aliphatic rings. The van der Waals surface area contributed by atoms with E-state index in [1.165, 1.54) is 27.0 Å². The molecule has 1 N–H and O–H groups in total. The molecular formula is C11H16O7. The molecule has 0 spiro atoms. The van der Waals surface area contributed by atoms with Crippen molar-refractivity contribution in [3.8, 4) is 0 Å². The summed E-state index contributed by atoms with van der Waals surface area (Å²) in [4.78, 5) is 22.0. The number of hydrogen-bond acceptors (Lipinski definition) is 7. The first kappa shape index (κ1) is 14.5. The van der Waals surface area contributed by atoms with Crippen LogP contribution in [0.15, 0.2) is 11.8 Å². The number of ether oxygens (including phenoxy) is 4. The van der Waals surface area contributed by atoms with E-state index in [2.05, 4.69) is 0 Å². The van der Waals surface area contributed by atoms with Gasteiger partial charge in [0.2, 0.25) is 12.4 Å². The molecular weight excluding hydrogens is 244 g/mol. The minimum absolute atomic E-state index is 0.191. The van der Waals surface area contributed by atoms with Gasteiger partial charge in [0.15, 0.2) is 6.10 Å². The molecule has 7 nitrogen and oxygen atoms in total. The molecule has 0 saturated heterocycles. The van der Waals surface area contributed by atoms with Crippen molar-refractivity contribution in [2.45, 2.75) is 32.3 Å². The number of methoxy groups -OCH3 is 1. The van der Waals surface area contributed by atoms with Gasteiger partial charge >= 0.3 is 11.9 Å². The molecule has 0 amide bonds. The number of rotatable bonds is 4. The summed E-state index contributed by atoms with van der Waals surface area (Å²) in [5.74, 6) is -0.900. The van der Waals surface area contributed by atoms with E-state index in [-0.39, 0.29) is 12.4 Å². The van der Waals surface area contributed by atoms with Crippen LogP contribution in [-0.2, 0) is 28.5 Å². The third-order valence-corrected chi connectivity index (χ3v) is 2.20. The summed E-state index contributed by atoms with van der Waals surface area (Å²) < 4.78 is 20.3. The van der Waals surface area contributed by atoms with Gasteiger partial charge in [-0.3, -0.25) is 9.59 Å². The van der Waals surface area contributed by atoms with Crippen molar-refractivity contribution in [2.24, 2.45) is 0 Å². The van der Waals surface area contributed by atoms with Gasteiger partial charge in [-0.05, 0) is 0 Å². The van der Waals surface area contributed by atoms with Crippen LogP contribution in [0.3, 0.4) is 0 Å². The Bertz CT molecular complexity index is 349. The Morgan fingerprint density at radius 1 is 1.33 bits per heavy atom. The molecule has 1 rings (SSSR count). The van der Waals surface area contributed by atoms with Crippen molar-refractivity contribution in [3.63, 3.8) is 0 Å². The Kier molecular flexibility index (Phi) is 5.11. The summed E-state index contributed by atoms with van der Waals surface area (Å²) in [5, 5.41) is 9.03. The molecule has 3 atom stereocenters. The lowest BCUT2D eigenvalue weighted by molar-refractivity contribution is -0.217. The lowest BCUT2D eigenvalue weighted by Crippen LogP contribution is -2.47. The zero-order valence-electron chi connectivity index (χ0n) is 10.4. The number of aliphatic hydroxyl groups is 1. The Balaban J connectivity index is 2.94. The van der Waals surface area contributed by atoms with Crippen molar-refractivity contribution in [1.29, 1.82) is 0 Å². The highest BCUT2D eigenvalue weighted by molar-refractivity contribution is 5.67. The Hall–Kier alpha value is -1.60. The molecule has 0 aliphatic carbocycles. The Labute approximate surface area is 104 Å². The van der Waals surface area contributed by atoms with Gasteiger partial charge in [0.1, 0.15) is 12.4 Å². The predicted octanol–water partition coefficient (Wildman–Crippen LogP) is -0.271.